The van der Waals surface area contributed by atoms with Crippen LogP contribution < -0.4 is 10.6 Å². The smallest absolute Gasteiger partial charge is 0.237 e. The number of nitrogens with one attached hydrogen (secondary N) is 2. The first-order valence-electron chi connectivity index (χ1n) is 5.56. The minimum Gasteiger partial charge on any atom is -0.392 e. The van der Waals surface area contributed by atoms with E-state index < -0.39 is 0 Å². The van der Waals surface area contributed by atoms with E-state index in [1.165, 1.54) is 18.6 Å². The quantitative estimate of drug-likeness (QED) is 0.680. The van der Waals surface area contributed by atoms with Crippen molar-refractivity contribution in [2.75, 3.05) is 18.8 Å². The van der Waals surface area contributed by atoms with Crippen molar-refractivity contribution in [3.8, 4) is 0 Å². The first kappa shape index (κ1) is 14.1. The summed E-state index contributed by atoms with van der Waals surface area (Å²) in [4.78, 5) is 11.7. The normalized spacial score (nSPS) is 33.4. The Hall–Kier alpha value is 0.0300. The predicted molar refractivity (Wildman–Crippen MR) is 68.2 cm³/mol. The summed E-state index contributed by atoms with van der Waals surface area (Å²) in [6.45, 7) is 1.31. The molecular formula is C10H19ClN2O2S. The van der Waals surface area contributed by atoms with E-state index in [0.29, 0.717) is 18.2 Å². The van der Waals surface area contributed by atoms with Crippen LogP contribution in [0.5, 0.6) is 0 Å². The Balaban J connectivity index is 0.00000128. The van der Waals surface area contributed by atoms with Crippen molar-refractivity contribution in [3.63, 3.8) is 0 Å². The Morgan fingerprint density at radius 2 is 2.38 bits per heavy atom. The molecule has 0 aromatic heterocycles. The van der Waals surface area contributed by atoms with E-state index in [1.807, 2.05) is 11.8 Å². The van der Waals surface area contributed by atoms with E-state index in [4.69, 9.17) is 0 Å². The van der Waals surface area contributed by atoms with Crippen molar-refractivity contribution in [1.29, 1.82) is 0 Å². The van der Waals surface area contributed by atoms with Crippen LogP contribution in [0.2, 0.25) is 0 Å². The van der Waals surface area contributed by atoms with Gasteiger partial charge in [-0.25, -0.2) is 0 Å². The van der Waals surface area contributed by atoms with Crippen molar-refractivity contribution in [1.82, 2.24) is 10.6 Å². The van der Waals surface area contributed by atoms with Gasteiger partial charge in [0, 0.05) is 18.3 Å². The number of β-amino-alcohol motifs (C(OH)–C–C–N with tert-alkyl or cyclic N) is 1. The molecule has 1 amide bonds. The van der Waals surface area contributed by atoms with Crippen molar-refractivity contribution in [2.24, 2.45) is 0 Å². The van der Waals surface area contributed by atoms with Crippen LogP contribution in [0.4, 0.5) is 0 Å². The highest BCUT2D eigenvalue weighted by Gasteiger charge is 2.28. The monoisotopic (exact) mass is 266 g/mol. The topological polar surface area (TPSA) is 61.4 Å². The van der Waals surface area contributed by atoms with Gasteiger partial charge in [0.25, 0.3) is 0 Å². The molecule has 0 aliphatic carbocycles. The number of rotatable bonds is 3. The molecule has 3 atom stereocenters. The third kappa shape index (κ3) is 3.80. The van der Waals surface area contributed by atoms with Crippen molar-refractivity contribution in [2.45, 2.75) is 36.7 Å². The molecule has 0 saturated carbocycles. The summed E-state index contributed by atoms with van der Waals surface area (Å²) in [7, 11) is 0. The molecule has 0 aromatic rings. The summed E-state index contributed by atoms with van der Waals surface area (Å²) in [5.41, 5.74) is 0. The van der Waals surface area contributed by atoms with Gasteiger partial charge in [0.1, 0.15) is 0 Å². The summed E-state index contributed by atoms with van der Waals surface area (Å²) in [6.07, 6.45) is 2.67. The molecule has 0 spiro atoms. The van der Waals surface area contributed by atoms with Gasteiger partial charge in [-0.05, 0) is 25.0 Å². The van der Waals surface area contributed by atoms with E-state index in [-0.39, 0.29) is 30.5 Å². The van der Waals surface area contributed by atoms with Gasteiger partial charge in [-0.2, -0.15) is 11.8 Å². The second-order valence-corrected chi connectivity index (χ2v) is 5.64. The highest BCUT2D eigenvalue weighted by atomic mass is 35.5. The fourth-order valence-electron chi connectivity index (χ4n) is 2.06. The van der Waals surface area contributed by atoms with Crippen LogP contribution >= 0.6 is 24.2 Å². The lowest BCUT2D eigenvalue weighted by Crippen LogP contribution is -2.42. The molecule has 0 bridgehead atoms. The van der Waals surface area contributed by atoms with Crippen LogP contribution in [0, 0.1) is 0 Å². The average molecular weight is 267 g/mol. The molecule has 1 unspecified atom stereocenters. The molecule has 6 heteroatoms. The zero-order chi connectivity index (χ0) is 10.7. The van der Waals surface area contributed by atoms with Gasteiger partial charge in [0.2, 0.25) is 5.91 Å². The Morgan fingerprint density at radius 1 is 1.56 bits per heavy atom. The Morgan fingerprint density at radius 3 is 2.94 bits per heavy atom. The second kappa shape index (κ2) is 6.69. The summed E-state index contributed by atoms with van der Waals surface area (Å²) in [5.74, 6) is 1.26. The summed E-state index contributed by atoms with van der Waals surface area (Å²) in [5, 5.41) is 15.8. The number of halogens is 1. The van der Waals surface area contributed by atoms with Gasteiger partial charge in [-0.3, -0.25) is 4.79 Å². The third-order valence-electron chi connectivity index (χ3n) is 2.95. The Bertz CT molecular complexity index is 237. The Kier molecular flexibility index (Phi) is 5.89. The SMILES string of the molecule is Cl.O=C(NCC1CCCS1)[C@H]1C[C@H](O)CN1. The van der Waals surface area contributed by atoms with E-state index in [2.05, 4.69) is 10.6 Å². The van der Waals surface area contributed by atoms with E-state index in [0.717, 1.165) is 6.54 Å². The largest absolute Gasteiger partial charge is 0.392 e. The number of amides is 1. The fraction of sp³-hybridized carbons (Fsp3) is 0.900. The molecule has 2 rings (SSSR count). The zero-order valence-corrected chi connectivity index (χ0v) is 10.8. The molecule has 2 heterocycles. The lowest BCUT2D eigenvalue weighted by atomic mass is 10.2. The Labute approximate surface area is 106 Å². The molecule has 0 aromatic carbocycles. The standard InChI is InChI=1S/C10H18N2O2S.ClH/c13-7-4-9(11-5-7)10(14)12-6-8-2-1-3-15-8;/h7-9,11,13H,1-6H2,(H,12,14);1H/t7-,8?,9+;/m0./s1. The molecule has 2 aliphatic rings. The second-order valence-electron chi connectivity index (χ2n) is 4.23. The van der Waals surface area contributed by atoms with Crippen LogP contribution in [0.25, 0.3) is 0 Å². The van der Waals surface area contributed by atoms with Gasteiger partial charge in [-0.15, -0.1) is 12.4 Å². The lowest BCUT2D eigenvalue weighted by molar-refractivity contribution is -0.122. The minimum atomic E-state index is -0.360. The van der Waals surface area contributed by atoms with E-state index in [1.54, 1.807) is 0 Å². The van der Waals surface area contributed by atoms with Crippen LogP contribution in [-0.2, 0) is 4.79 Å². The number of hydrogen-bond acceptors (Lipinski definition) is 4. The van der Waals surface area contributed by atoms with Gasteiger partial charge >= 0.3 is 0 Å². The molecule has 0 radical (unpaired) electrons. The van der Waals surface area contributed by atoms with E-state index in [9.17, 15) is 9.90 Å². The van der Waals surface area contributed by atoms with E-state index >= 15 is 0 Å². The van der Waals surface area contributed by atoms with Crippen LogP contribution in [-0.4, -0.2) is 47.3 Å². The van der Waals surface area contributed by atoms with Crippen molar-refractivity contribution in [3.05, 3.63) is 0 Å². The van der Waals surface area contributed by atoms with Crippen molar-refractivity contribution >= 4 is 30.1 Å². The predicted octanol–water partition coefficient (Wildman–Crippen LogP) is 0.143. The first-order valence-corrected chi connectivity index (χ1v) is 6.61. The summed E-state index contributed by atoms with van der Waals surface area (Å²) >= 11 is 1.94. The molecule has 16 heavy (non-hydrogen) atoms. The highest BCUT2D eigenvalue weighted by molar-refractivity contribution is 8.00. The maximum absolute atomic E-state index is 11.7. The van der Waals surface area contributed by atoms with Crippen LogP contribution in [0.3, 0.4) is 0 Å². The average Bonchev–Trinajstić information content (AvgIpc) is 2.84. The highest BCUT2D eigenvalue weighted by Crippen LogP contribution is 2.25. The number of aliphatic hydroxyl groups excluding tert-OH is 1. The first-order chi connectivity index (χ1) is 7.25. The molecule has 2 aliphatic heterocycles. The van der Waals surface area contributed by atoms with Crippen molar-refractivity contribution < 1.29 is 9.90 Å². The molecule has 3 N–H and O–H groups in total. The maximum atomic E-state index is 11.7. The van der Waals surface area contributed by atoms with Gasteiger partial charge < -0.3 is 15.7 Å². The number of hydrogen-bond donors (Lipinski definition) is 3. The molecule has 2 saturated heterocycles. The lowest BCUT2D eigenvalue weighted by Gasteiger charge is -2.13. The minimum absolute atomic E-state index is 0. The number of aliphatic hydroxyl groups is 1. The van der Waals surface area contributed by atoms with Crippen LogP contribution in [0.15, 0.2) is 0 Å². The van der Waals surface area contributed by atoms with Gasteiger partial charge in [-0.1, -0.05) is 0 Å². The zero-order valence-electron chi connectivity index (χ0n) is 9.15. The summed E-state index contributed by atoms with van der Waals surface area (Å²) in [6, 6.07) is -0.189. The molecule has 94 valence electrons. The molecular weight excluding hydrogens is 248 g/mol. The maximum Gasteiger partial charge on any atom is 0.237 e. The summed E-state index contributed by atoms with van der Waals surface area (Å²) < 4.78 is 0. The fourth-order valence-corrected chi connectivity index (χ4v) is 3.26. The third-order valence-corrected chi connectivity index (χ3v) is 4.35. The van der Waals surface area contributed by atoms with Gasteiger partial charge in [0.05, 0.1) is 12.1 Å². The van der Waals surface area contributed by atoms with Crippen LogP contribution in [0.1, 0.15) is 19.3 Å². The number of thioether (sulfide) groups is 1. The van der Waals surface area contributed by atoms with Gasteiger partial charge in [0.15, 0.2) is 0 Å². The number of carbonyl (C=O) groups excluding carboxylic acids is 1. The number of carbonyl (C=O) groups is 1. The molecule has 4 nitrogen and oxygen atoms in total. The molecule has 2 fully saturated rings.